The summed E-state index contributed by atoms with van der Waals surface area (Å²) in [6.45, 7) is 5.79. The number of hydrogen-bond acceptors (Lipinski definition) is 4. The predicted octanol–water partition coefficient (Wildman–Crippen LogP) is 0.409. The molecule has 0 spiro atoms. The number of nitrogens with two attached hydrogens (primary N) is 1. The van der Waals surface area contributed by atoms with Crippen molar-refractivity contribution in [1.29, 1.82) is 0 Å². The van der Waals surface area contributed by atoms with E-state index in [1.54, 1.807) is 20.8 Å². The molecule has 0 aromatic rings. The van der Waals surface area contributed by atoms with Crippen molar-refractivity contribution < 1.29 is 19.4 Å². The highest BCUT2D eigenvalue weighted by Crippen LogP contribution is 2.24. The fraction of sp³-hybridized carbons (Fsp3) is 0.800. The van der Waals surface area contributed by atoms with Crippen molar-refractivity contribution in [2.75, 3.05) is 13.1 Å². The Morgan fingerprint density at radius 1 is 1.44 bits per heavy atom. The molecule has 1 rings (SSSR count). The standard InChI is InChI=1S/C10H18N2O4/c1-9(2,3)16-8(15)12-5-10(11,6-12)4-7(13)14/h4-6,11H2,1-3H3,(H,13,14). The van der Waals surface area contributed by atoms with Crippen molar-refractivity contribution in [3.63, 3.8) is 0 Å². The minimum absolute atomic E-state index is 0.133. The van der Waals surface area contributed by atoms with Crippen LogP contribution in [0.25, 0.3) is 0 Å². The molecule has 1 heterocycles. The van der Waals surface area contributed by atoms with Gasteiger partial charge >= 0.3 is 12.1 Å². The normalized spacial score (nSPS) is 18.9. The Morgan fingerprint density at radius 3 is 2.31 bits per heavy atom. The smallest absolute Gasteiger partial charge is 0.410 e. The van der Waals surface area contributed by atoms with Crippen LogP contribution >= 0.6 is 0 Å². The second-order valence-electron chi connectivity index (χ2n) is 5.27. The quantitative estimate of drug-likeness (QED) is 0.716. The van der Waals surface area contributed by atoms with Crippen LogP contribution in [0.1, 0.15) is 27.2 Å². The lowest BCUT2D eigenvalue weighted by molar-refractivity contribution is -0.140. The summed E-state index contributed by atoms with van der Waals surface area (Å²) in [6.07, 6.45) is -0.578. The van der Waals surface area contributed by atoms with E-state index < -0.39 is 23.2 Å². The lowest BCUT2D eigenvalue weighted by Gasteiger charge is -2.46. The number of nitrogens with zero attached hydrogens (tertiary/aromatic N) is 1. The van der Waals surface area contributed by atoms with Gasteiger partial charge in [-0.2, -0.15) is 0 Å². The van der Waals surface area contributed by atoms with Gasteiger partial charge in [0, 0.05) is 13.1 Å². The van der Waals surface area contributed by atoms with E-state index in [0.29, 0.717) is 0 Å². The maximum Gasteiger partial charge on any atom is 0.410 e. The topological polar surface area (TPSA) is 92.9 Å². The van der Waals surface area contributed by atoms with Crippen LogP contribution in [0.3, 0.4) is 0 Å². The third-order valence-electron chi connectivity index (χ3n) is 2.17. The average Bonchev–Trinajstić information content (AvgIpc) is 1.94. The highest BCUT2D eigenvalue weighted by atomic mass is 16.6. The van der Waals surface area contributed by atoms with E-state index in [-0.39, 0.29) is 19.5 Å². The number of carbonyl (C=O) groups is 2. The van der Waals surface area contributed by atoms with Gasteiger partial charge < -0.3 is 20.5 Å². The van der Waals surface area contributed by atoms with Crippen LogP contribution in [0.5, 0.6) is 0 Å². The summed E-state index contributed by atoms with van der Waals surface area (Å²) in [5.41, 5.74) is 4.42. The van der Waals surface area contributed by atoms with Crippen molar-refractivity contribution in [3.05, 3.63) is 0 Å². The molecule has 0 unspecified atom stereocenters. The minimum atomic E-state index is -0.952. The second kappa shape index (κ2) is 3.93. The number of aliphatic carboxylic acids is 1. The molecular weight excluding hydrogens is 212 g/mol. The van der Waals surface area contributed by atoms with Crippen molar-refractivity contribution in [2.45, 2.75) is 38.3 Å². The van der Waals surface area contributed by atoms with Crippen LogP contribution in [-0.4, -0.2) is 46.3 Å². The highest BCUT2D eigenvalue weighted by Gasteiger charge is 2.44. The Morgan fingerprint density at radius 2 is 1.94 bits per heavy atom. The fourth-order valence-corrected chi connectivity index (χ4v) is 1.58. The van der Waals surface area contributed by atoms with Crippen molar-refractivity contribution in [3.8, 4) is 0 Å². The third-order valence-corrected chi connectivity index (χ3v) is 2.17. The molecule has 1 aliphatic heterocycles. The van der Waals surface area contributed by atoms with Gasteiger partial charge in [0.2, 0.25) is 0 Å². The van der Waals surface area contributed by atoms with E-state index in [9.17, 15) is 9.59 Å². The summed E-state index contributed by atoms with van der Waals surface area (Å²) >= 11 is 0. The van der Waals surface area contributed by atoms with Crippen LogP contribution in [0, 0.1) is 0 Å². The number of carboxylic acid groups (broad SMARTS) is 1. The molecule has 6 nitrogen and oxygen atoms in total. The lowest BCUT2D eigenvalue weighted by Crippen LogP contribution is -2.69. The van der Waals surface area contributed by atoms with Gasteiger partial charge in [0.05, 0.1) is 12.0 Å². The number of ether oxygens (including phenoxy) is 1. The molecule has 0 aromatic heterocycles. The Hall–Kier alpha value is -1.30. The summed E-state index contributed by atoms with van der Waals surface area (Å²) in [7, 11) is 0. The van der Waals surface area contributed by atoms with E-state index in [0.717, 1.165) is 0 Å². The molecule has 3 N–H and O–H groups in total. The van der Waals surface area contributed by atoms with Crippen LogP contribution in [-0.2, 0) is 9.53 Å². The van der Waals surface area contributed by atoms with Gasteiger partial charge in [0.25, 0.3) is 0 Å². The second-order valence-corrected chi connectivity index (χ2v) is 5.27. The summed E-state index contributed by atoms with van der Waals surface area (Å²) < 4.78 is 5.12. The number of rotatable bonds is 2. The van der Waals surface area contributed by atoms with Gasteiger partial charge in [0.15, 0.2) is 0 Å². The monoisotopic (exact) mass is 230 g/mol. The molecule has 0 atom stereocenters. The SMILES string of the molecule is CC(C)(C)OC(=O)N1CC(N)(CC(=O)O)C1. The maximum atomic E-state index is 11.5. The fourth-order valence-electron chi connectivity index (χ4n) is 1.58. The van der Waals surface area contributed by atoms with Crippen molar-refractivity contribution >= 4 is 12.1 Å². The first-order chi connectivity index (χ1) is 7.11. The Labute approximate surface area is 94.3 Å². The first-order valence-electron chi connectivity index (χ1n) is 5.10. The number of carboxylic acids is 1. The van der Waals surface area contributed by atoms with E-state index >= 15 is 0 Å². The van der Waals surface area contributed by atoms with Crippen LogP contribution in [0.4, 0.5) is 4.79 Å². The highest BCUT2D eigenvalue weighted by molar-refractivity contribution is 5.72. The first-order valence-corrected chi connectivity index (χ1v) is 5.10. The van der Waals surface area contributed by atoms with Crippen molar-refractivity contribution in [2.24, 2.45) is 5.73 Å². The Bertz CT molecular complexity index is 302. The number of likely N-dealkylation sites (tertiary alicyclic amines) is 1. The zero-order valence-corrected chi connectivity index (χ0v) is 9.82. The molecule has 0 radical (unpaired) electrons. The Balaban J connectivity index is 2.41. The molecule has 1 fully saturated rings. The molecule has 1 saturated heterocycles. The zero-order valence-electron chi connectivity index (χ0n) is 9.82. The molecule has 0 aromatic carbocycles. The van der Waals surface area contributed by atoms with E-state index in [4.69, 9.17) is 15.6 Å². The van der Waals surface area contributed by atoms with Gasteiger partial charge in [-0.3, -0.25) is 4.79 Å². The largest absolute Gasteiger partial charge is 0.481 e. The van der Waals surface area contributed by atoms with E-state index in [1.807, 2.05) is 0 Å². The molecule has 0 aliphatic carbocycles. The molecule has 0 saturated carbocycles. The maximum absolute atomic E-state index is 11.5. The average molecular weight is 230 g/mol. The number of carbonyl (C=O) groups excluding carboxylic acids is 1. The molecule has 16 heavy (non-hydrogen) atoms. The third kappa shape index (κ3) is 3.37. The van der Waals surface area contributed by atoms with Gasteiger partial charge in [-0.1, -0.05) is 0 Å². The van der Waals surface area contributed by atoms with E-state index in [2.05, 4.69) is 0 Å². The Kier molecular flexibility index (Phi) is 3.14. The van der Waals surface area contributed by atoms with Crippen LogP contribution in [0.2, 0.25) is 0 Å². The summed E-state index contributed by atoms with van der Waals surface area (Å²) in [6, 6.07) is 0. The molecular formula is C10H18N2O4. The zero-order chi connectivity index (χ0) is 12.6. The van der Waals surface area contributed by atoms with Crippen LogP contribution < -0.4 is 5.73 Å². The predicted molar refractivity (Wildman–Crippen MR) is 57.0 cm³/mol. The summed E-state index contributed by atoms with van der Waals surface area (Å²) in [5.74, 6) is -0.952. The van der Waals surface area contributed by atoms with Gasteiger partial charge in [-0.25, -0.2) is 4.79 Å². The molecule has 0 bridgehead atoms. The molecule has 6 heteroatoms. The summed E-state index contributed by atoms with van der Waals surface area (Å²) in [4.78, 5) is 23.4. The lowest BCUT2D eigenvalue weighted by atomic mass is 9.88. The molecule has 1 amide bonds. The van der Waals surface area contributed by atoms with Crippen molar-refractivity contribution in [1.82, 2.24) is 4.90 Å². The molecule has 1 aliphatic rings. The first kappa shape index (κ1) is 12.8. The van der Waals surface area contributed by atoms with Gasteiger partial charge in [-0.05, 0) is 20.8 Å². The summed E-state index contributed by atoms with van der Waals surface area (Å²) in [5, 5.41) is 8.61. The van der Waals surface area contributed by atoms with E-state index in [1.165, 1.54) is 4.90 Å². The molecule has 92 valence electrons. The van der Waals surface area contributed by atoms with Gasteiger partial charge in [0.1, 0.15) is 5.60 Å². The minimum Gasteiger partial charge on any atom is -0.481 e. The van der Waals surface area contributed by atoms with Gasteiger partial charge in [-0.15, -0.1) is 0 Å². The van der Waals surface area contributed by atoms with Crippen LogP contribution in [0.15, 0.2) is 0 Å². The number of amides is 1. The number of hydrogen-bond donors (Lipinski definition) is 2.